The van der Waals surface area contributed by atoms with Gasteiger partial charge in [0.25, 0.3) is 0 Å². The summed E-state index contributed by atoms with van der Waals surface area (Å²) in [5.41, 5.74) is 1.07. The SMILES string of the molecule is CCC(NC1CCCC1)(C(=O)O)c1ccc(C)cc1. The molecule has 1 aromatic carbocycles. The summed E-state index contributed by atoms with van der Waals surface area (Å²) in [6.45, 7) is 3.96. The highest BCUT2D eigenvalue weighted by Gasteiger charge is 2.40. The minimum absolute atomic E-state index is 0.331. The van der Waals surface area contributed by atoms with E-state index in [9.17, 15) is 9.90 Å². The number of hydrogen-bond donors (Lipinski definition) is 2. The van der Waals surface area contributed by atoms with Crippen LogP contribution in [0.4, 0.5) is 0 Å². The fourth-order valence-electron chi connectivity index (χ4n) is 2.98. The monoisotopic (exact) mass is 261 g/mol. The third-order valence-electron chi connectivity index (χ3n) is 4.25. The lowest BCUT2D eigenvalue weighted by atomic mass is 9.85. The lowest BCUT2D eigenvalue weighted by Crippen LogP contribution is -2.52. The molecule has 0 aromatic heterocycles. The molecular weight excluding hydrogens is 238 g/mol. The molecule has 2 rings (SSSR count). The third-order valence-corrected chi connectivity index (χ3v) is 4.25. The first-order valence-electron chi connectivity index (χ1n) is 7.16. The molecule has 19 heavy (non-hydrogen) atoms. The number of carboxylic acid groups (broad SMARTS) is 1. The average Bonchev–Trinajstić information content (AvgIpc) is 2.89. The zero-order valence-electron chi connectivity index (χ0n) is 11.8. The first kappa shape index (κ1) is 14.1. The molecular formula is C16H23NO2. The maximum absolute atomic E-state index is 11.9. The number of rotatable bonds is 5. The van der Waals surface area contributed by atoms with Gasteiger partial charge in [0.05, 0.1) is 0 Å². The molecule has 0 aliphatic heterocycles. The van der Waals surface area contributed by atoms with E-state index in [2.05, 4.69) is 5.32 Å². The molecule has 1 aliphatic rings. The van der Waals surface area contributed by atoms with E-state index in [0.29, 0.717) is 12.5 Å². The third kappa shape index (κ3) is 2.81. The Kier molecular flexibility index (Phi) is 4.25. The van der Waals surface area contributed by atoms with E-state index in [1.165, 1.54) is 12.8 Å². The van der Waals surface area contributed by atoms with Gasteiger partial charge in [-0.05, 0) is 31.7 Å². The zero-order valence-corrected chi connectivity index (χ0v) is 11.8. The molecule has 0 heterocycles. The smallest absolute Gasteiger partial charge is 0.328 e. The van der Waals surface area contributed by atoms with Crippen molar-refractivity contribution in [2.45, 2.75) is 57.5 Å². The molecule has 3 heteroatoms. The highest BCUT2D eigenvalue weighted by Crippen LogP contribution is 2.30. The van der Waals surface area contributed by atoms with Crippen molar-refractivity contribution in [2.75, 3.05) is 0 Å². The van der Waals surface area contributed by atoms with Gasteiger partial charge < -0.3 is 5.11 Å². The van der Waals surface area contributed by atoms with Crippen molar-refractivity contribution in [3.05, 3.63) is 35.4 Å². The van der Waals surface area contributed by atoms with Gasteiger partial charge in [0.15, 0.2) is 0 Å². The Morgan fingerprint density at radius 3 is 2.37 bits per heavy atom. The molecule has 1 unspecified atom stereocenters. The normalized spacial score (nSPS) is 19.3. The summed E-state index contributed by atoms with van der Waals surface area (Å²) in [5.74, 6) is -0.772. The fourth-order valence-corrected chi connectivity index (χ4v) is 2.98. The molecule has 1 atom stereocenters. The van der Waals surface area contributed by atoms with Crippen LogP contribution in [0.5, 0.6) is 0 Å². The van der Waals surface area contributed by atoms with Gasteiger partial charge in [0.1, 0.15) is 5.54 Å². The maximum atomic E-state index is 11.9. The van der Waals surface area contributed by atoms with Crippen molar-refractivity contribution in [2.24, 2.45) is 0 Å². The van der Waals surface area contributed by atoms with Crippen LogP contribution in [0.1, 0.15) is 50.2 Å². The van der Waals surface area contributed by atoms with Gasteiger partial charge in [-0.15, -0.1) is 0 Å². The van der Waals surface area contributed by atoms with Crippen LogP contribution in [0, 0.1) is 6.92 Å². The molecule has 3 nitrogen and oxygen atoms in total. The Hall–Kier alpha value is -1.35. The minimum Gasteiger partial charge on any atom is -0.480 e. The number of benzene rings is 1. The first-order chi connectivity index (χ1) is 9.08. The van der Waals surface area contributed by atoms with Crippen LogP contribution < -0.4 is 5.32 Å². The molecule has 2 N–H and O–H groups in total. The van der Waals surface area contributed by atoms with E-state index in [-0.39, 0.29) is 0 Å². The molecule has 1 aliphatic carbocycles. The largest absolute Gasteiger partial charge is 0.480 e. The standard InChI is InChI=1S/C16H23NO2/c1-3-16(15(18)19,17-14-6-4-5-7-14)13-10-8-12(2)9-11-13/h8-11,14,17H,3-7H2,1-2H3,(H,18,19). The average molecular weight is 261 g/mol. The van der Waals surface area contributed by atoms with Crippen LogP contribution >= 0.6 is 0 Å². The summed E-state index contributed by atoms with van der Waals surface area (Å²) in [4.78, 5) is 11.9. The number of aryl methyl sites for hydroxylation is 1. The van der Waals surface area contributed by atoms with Crippen molar-refractivity contribution in [3.8, 4) is 0 Å². The molecule has 1 aromatic rings. The minimum atomic E-state index is -0.942. The molecule has 0 radical (unpaired) electrons. The van der Waals surface area contributed by atoms with Crippen molar-refractivity contribution >= 4 is 5.97 Å². The number of carboxylic acids is 1. The molecule has 0 bridgehead atoms. The second kappa shape index (κ2) is 5.74. The van der Waals surface area contributed by atoms with Crippen molar-refractivity contribution in [1.29, 1.82) is 0 Å². The Morgan fingerprint density at radius 2 is 1.89 bits per heavy atom. The molecule has 0 spiro atoms. The quantitative estimate of drug-likeness (QED) is 0.855. The van der Waals surface area contributed by atoms with Gasteiger partial charge in [-0.1, -0.05) is 49.6 Å². The first-order valence-corrected chi connectivity index (χ1v) is 7.16. The molecule has 104 valence electrons. The summed E-state index contributed by atoms with van der Waals surface area (Å²) in [7, 11) is 0. The van der Waals surface area contributed by atoms with Gasteiger partial charge in [0.2, 0.25) is 0 Å². The van der Waals surface area contributed by atoms with E-state index in [0.717, 1.165) is 24.0 Å². The summed E-state index contributed by atoms with van der Waals surface area (Å²) in [5, 5.41) is 13.2. The predicted octanol–water partition coefficient (Wildman–Crippen LogP) is 3.22. The van der Waals surface area contributed by atoms with Crippen LogP contribution in [-0.2, 0) is 10.3 Å². The Bertz CT molecular complexity index is 435. The number of carbonyl (C=O) groups is 1. The van der Waals surface area contributed by atoms with Crippen LogP contribution in [0.25, 0.3) is 0 Å². The van der Waals surface area contributed by atoms with Crippen molar-refractivity contribution < 1.29 is 9.90 Å². The highest BCUT2D eigenvalue weighted by atomic mass is 16.4. The van der Waals surface area contributed by atoms with Gasteiger partial charge >= 0.3 is 5.97 Å². The van der Waals surface area contributed by atoms with Crippen molar-refractivity contribution in [3.63, 3.8) is 0 Å². The van der Waals surface area contributed by atoms with E-state index < -0.39 is 11.5 Å². The van der Waals surface area contributed by atoms with Crippen LogP contribution in [0.15, 0.2) is 24.3 Å². The van der Waals surface area contributed by atoms with E-state index >= 15 is 0 Å². The molecule has 1 fully saturated rings. The predicted molar refractivity (Wildman–Crippen MR) is 76.2 cm³/mol. The van der Waals surface area contributed by atoms with Crippen LogP contribution in [0.2, 0.25) is 0 Å². The van der Waals surface area contributed by atoms with Gasteiger partial charge in [-0.2, -0.15) is 0 Å². The fraction of sp³-hybridized carbons (Fsp3) is 0.562. The Morgan fingerprint density at radius 1 is 1.32 bits per heavy atom. The Balaban J connectivity index is 2.32. The number of aliphatic carboxylic acids is 1. The Labute approximate surface area is 115 Å². The number of nitrogens with one attached hydrogen (secondary N) is 1. The van der Waals surface area contributed by atoms with Crippen LogP contribution in [-0.4, -0.2) is 17.1 Å². The highest BCUT2D eigenvalue weighted by molar-refractivity contribution is 5.80. The van der Waals surface area contributed by atoms with Gasteiger partial charge in [0, 0.05) is 6.04 Å². The second-order valence-electron chi connectivity index (χ2n) is 5.56. The summed E-state index contributed by atoms with van der Waals surface area (Å²) >= 11 is 0. The van der Waals surface area contributed by atoms with E-state index in [1.54, 1.807) is 0 Å². The van der Waals surface area contributed by atoms with Gasteiger partial charge in [-0.3, -0.25) is 5.32 Å². The maximum Gasteiger partial charge on any atom is 0.328 e. The van der Waals surface area contributed by atoms with E-state index in [4.69, 9.17) is 0 Å². The summed E-state index contributed by atoms with van der Waals surface area (Å²) < 4.78 is 0. The summed E-state index contributed by atoms with van der Waals surface area (Å²) in [6, 6.07) is 8.18. The lowest BCUT2D eigenvalue weighted by molar-refractivity contribution is -0.146. The van der Waals surface area contributed by atoms with Crippen molar-refractivity contribution in [1.82, 2.24) is 5.32 Å². The van der Waals surface area contributed by atoms with E-state index in [1.807, 2.05) is 38.1 Å². The molecule has 0 amide bonds. The number of hydrogen-bond acceptors (Lipinski definition) is 2. The van der Waals surface area contributed by atoms with Crippen LogP contribution in [0.3, 0.4) is 0 Å². The molecule has 1 saturated carbocycles. The van der Waals surface area contributed by atoms with Gasteiger partial charge in [-0.25, -0.2) is 4.79 Å². The topological polar surface area (TPSA) is 49.3 Å². The molecule has 0 saturated heterocycles. The zero-order chi connectivity index (χ0) is 13.9. The lowest BCUT2D eigenvalue weighted by Gasteiger charge is -2.33. The summed E-state index contributed by atoms with van der Waals surface area (Å²) in [6.07, 6.45) is 5.12. The second-order valence-corrected chi connectivity index (χ2v) is 5.56.